The normalized spacial score (nSPS) is 11.3. The van der Waals surface area contributed by atoms with E-state index in [0.29, 0.717) is 0 Å². The minimum absolute atomic E-state index is 0.0622. The lowest BCUT2D eigenvalue weighted by molar-refractivity contribution is 0.0984. The maximum Gasteiger partial charge on any atom is 0.261 e. The Labute approximate surface area is 134 Å². The Morgan fingerprint density at radius 2 is 1.91 bits per heavy atom. The third-order valence-electron chi connectivity index (χ3n) is 3.44. The maximum absolute atomic E-state index is 13.8. The van der Waals surface area contributed by atoms with E-state index in [1.807, 2.05) is 0 Å². The van der Waals surface area contributed by atoms with Gasteiger partial charge in [-0.2, -0.15) is 0 Å². The van der Waals surface area contributed by atoms with Crippen molar-refractivity contribution in [2.24, 2.45) is 0 Å². The fourth-order valence-electron chi connectivity index (χ4n) is 2.22. The summed E-state index contributed by atoms with van der Waals surface area (Å²) in [5, 5.41) is 0. The van der Waals surface area contributed by atoms with Gasteiger partial charge in [-0.15, -0.1) is 0 Å². The number of nitrogens with zero attached hydrogens (tertiary/aromatic N) is 2. The zero-order valence-electron chi connectivity index (χ0n) is 12.9. The molecule has 1 aromatic carbocycles. The molecule has 7 heteroatoms. The molecule has 1 heterocycles. The Hall–Kier alpha value is -2.28. The van der Waals surface area contributed by atoms with Crippen molar-refractivity contribution in [3.05, 3.63) is 54.1 Å². The molecule has 2 aromatic rings. The lowest BCUT2D eigenvalue weighted by Crippen LogP contribution is -2.32. The second kappa shape index (κ2) is 6.87. The number of sulfone groups is 1. The summed E-state index contributed by atoms with van der Waals surface area (Å²) in [6, 6.07) is 7.51. The van der Waals surface area contributed by atoms with Gasteiger partial charge in [-0.3, -0.25) is 9.78 Å². The van der Waals surface area contributed by atoms with Crippen molar-refractivity contribution in [2.45, 2.75) is 18.7 Å². The molecular weight excluding hydrogens is 319 g/mol. The van der Waals surface area contributed by atoms with Gasteiger partial charge in [0.25, 0.3) is 5.91 Å². The van der Waals surface area contributed by atoms with Crippen LogP contribution in [0.4, 0.5) is 10.1 Å². The van der Waals surface area contributed by atoms with Crippen molar-refractivity contribution in [2.75, 3.05) is 17.2 Å². The number of carbonyl (C=O) groups excluding carboxylic acids is 1. The van der Waals surface area contributed by atoms with Gasteiger partial charge in [-0.1, -0.05) is 19.1 Å². The summed E-state index contributed by atoms with van der Waals surface area (Å²) in [5.74, 6) is -1.43. The summed E-state index contributed by atoms with van der Waals surface area (Å²) in [7, 11) is -3.51. The average molecular weight is 336 g/mol. The molecule has 0 bridgehead atoms. The van der Waals surface area contributed by atoms with Crippen LogP contribution in [0, 0.1) is 5.82 Å². The number of para-hydroxylation sites is 1. The number of benzene rings is 1. The van der Waals surface area contributed by atoms with Crippen LogP contribution in [0.5, 0.6) is 0 Å². The molecule has 0 spiro atoms. The summed E-state index contributed by atoms with van der Waals surface area (Å²) in [5.41, 5.74) is 0.101. The Morgan fingerprint density at radius 3 is 2.52 bits per heavy atom. The predicted octanol–water partition coefficient (Wildman–Crippen LogP) is 2.68. The Morgan fingerprint density at radius 1 is 1.22 bits per heavy atom. The molecule has 0 unspecified atom stereocenters. The molecule has 0 saturated heterocycles. The summed E-state index contributed by atoms with van der Waals surface area (Å²) < 4.78 is 38.3. The molecule has 23 heavy (non-hydrogen) atoms. The van der Waals surface area contributed by atoms with Crippen molar-refractivity contribution < 1.29 is 17.6 Å². The van der Waals surface area contributed by atoms with Crippen molar-refractivity contribution in [3.63, 3.8) is 0 Å². The lowest BCUT2D eigenvalue weighted by atomic mass is 10.2. The molecule has 0 atom stereocenters. The molecule has 1 aromatic heterocycles. The monoisotopic (exact) mass is 336 g/mol. The lowest BCUT2D eigenvalue weighted by Gasteiger charge is -2.23. The zero-order chi connectivity index (χ0) is 17.0. The third kappa shape index (κ3) is 3.39. The quantitative estimate of drug-likeness (QED) is 0.842. The highest BCUT2D eigenvalue weighted by Crippen LogP contribution is 2.27. The molecule has 0 aliphatic rings. The van der Waals surface area contributed by atoms with Gasteiger partial charge in [0, 0.05) is 12.7 Å². The molecule has 0 aliphatic carbocycles. The van der Waals surface area contributed by atoms with Gasteiger partial charge in [0.05, 0.1) is 28.1 Å². The fourth-order valence-corrected chi connectivity index (χ4v) is 3.31. The Bertz CT molecular complexity index is 822. The highest BCUT2D eigenvalue weighted by atomic mass is 32.2. The number of amides is 1. The van der Waals surface area contributed by atoms with Crippen molar-refractivity contribution >= 4 is 21.4 Å². The largest absolute Gasteiger partial charge is 0.307 e. The molecule has 0 aliphatic heterocycles. The van der Waals surface area contributed by atoms with Crippen LogP contribution >= 0.6 is 0 Å². The smallest absolute Gasteiger partial charge is 0.261 e. The van der Waals surface area contributed by atoms with Gasteiger partial charge in [-0.05, 0) is 25.1 Å². The van der Waals surface area contributed by atoms with E-state index in [-0.39, 0.29) is 28.4 Å². The molecule has 0 radical (unpaired) electrons. The van der Waals surface area contributed by atoms with E-state index >= 15 is 0 Å². The molecule has 122 valence electrons. The highest BCUT2D eigenvalue weighted by Gasteiger charge is 2.25. The molecule has 1 amide bonds. The SMILES string of the molecule is CCN(C(=O)c1ccncc1F)c1ccccc1S(=O)(=O)CC. The van der Waals surface area contributed by atoms with E-state index in [1.54, 1.807) is 25.1 Å². The number of hydrogen-bond acceptors (Lipinski definition) is 4. The first-order valence-corrected chi connectivity index (χ1v) is 8.80. The first kappa shape index (κ1) is 17.1. The zero-order valence-corrected chi connectivity index (χ0v) is 13.7. The maximum atomic E-state index is 13.8. The minimum Gasteiger partial charge on any atom is -0.307 e. The standard InChI is InChI=1S/C16H17FN2O3S/c1-3-19(16(20)12-9-10-18-11-13(12)17)14-7-5-6-8-15(14)23(21,22)4-2/h5-11H,3-4H2,1-2H3. The fraction of sp³-hybridized carbons (Fsp3) is 0.250. The number of halogens is 1. The Kier molecular flexibility index (Phi) is 5.10. The minimum atomic E-state index is -3.51. The second-order valence-electron chi connectivity index (χ2n) is 4.78. The second-order valence-corrected chi connectivity index (χ2v) is 7.02. The van der Waals surface area contributed by atoms with Crippen LogP contribution in [-0.4, -0.2) is 31.6 Å². The number of hydrogen-bond donors (Lipinski definition) is 0. The van der Waals surface area contributed by atoms with Gasteiger partial charge in [0.15, 0.2) is 15.7 Å². The van der Waals surface area contributed by atoms with E-state index in [4.69, 9.17) is 0 Å². The van der Waals surface area contributed by atoms with Gasteiger partial charge >= 0.3 is 0 Å². The van der Waals surface area contributed by atoms with E-state index in [1.165, 1.54) is 30.2 Å². The third-order valence-corrected chi connectivity index (χ3v) is 5.21. The highest BCUT2D eigenvalue weighted by molar-refractivity contribution is 7.91. The van der Waals surface area contributed by atoms with Crippen LogP contribution in [-0.2, 0) is 9.84 Å². The number of rotatable bonds is 5. The van der Waals surface area contributed by atoms with Gasteiger partial charge in [-0.25, -0.2) is 12.8 Å². The molecule has 5 nitrogen and oxygen atoms in total. The van der Waals surface area contributed by atoms with Crippen molar-refractivity contribution in [3.8, 4) is 0 Å². The van der Waals surface area contributed by atoms with E-state index in [9.17, 15) is 17.6 Å². The van der Waals surface area contributed by atoms with Crippen LogP contribution in [0.15, 0.2) is 47.6 Å². The molecular formula is C16H17FN2O3S. The van der Waals surface area contributed by atoms with Gasteiger partial charge in [0.1, 0.15) is 0 Å². The van der Waals surface area contributed by atoms with Crippen LogP contribution in [0.1, 0.15) is 24.2 Å². The number of anilines is 1. The van der Waals surface area contributed by atoms with Gasteiger partial charge in [0.2, 0.25) is 0 Å². The number of pyridine rings is 1. The topological polar surface area (TPSA) is 67.3 Å². The first-order chi connectivity index (χ1) is 10.9. The summed E-state index contributed by atoms with van der Waals surface area (Å²) >= 11 is 0. The van der Waals surface area contributed by atoms with E-state index in [0.717, 1.165) is 6.20 Å². The molecule has 0 fully saturated rings. The van der Waals surface area contributed by atoms with E-state index in [2.05, 4.69) is 4.98 Å². The first-order valence-electron chi connectivity index (χ1n) is 7.15. The molecule has 2 rings (SSSR count). The van der Waals surface area contributed by atoms with E-state index < -0.39 is 21.6 Å². The summed E-state index contributed by atoms with van der Waals surface area (Å²) in [4.78, 5) is 17.6. The number of carbonyl (C=O) groups is 1. The Balaban J connectivity index is 2.56. The van der Waals surface area contributed by atoms with Gasteiger partial charge < -0.3 is 4.90 Å². The van der Waals surface area contributed by atoms with Crippen LogP contribution < -0.4 is 4.90 Å². The average Bonchev–Trinajstić information content (AvgIpc) is 2.56. The van der Waals surface area contributed by atoms with Crippen molar-refractivity contribution in [1.82, 2.24) is 4.98 Å². The van der Waals surface area contributed by atoms with Crippen LogP contribution in [0.2, 0.25) is 0 Å². The molecule has 0 saturated carbocycles. The summed E-state index contributed by atoms with van der Waals surface area (Å²) in [6.07, 6.45) is 2.27. The van der Waals surface area contributed by atoms with Crippen molar-refractivity contribution in [1.29, 1.82) is 0 Å². The predicted molar refractivity (Wildman–Crippen MR) is 85.7 cm³/mol. The van der Waals surface area contributed by atoms with Crippen LogP contribution in [0.25, 0.3) is 0 Å². The summed E-state index contributed by atoms with van der Waals surface area (Å²) in [6.45, 7) is 3.44. The number of aromatic nitrogens is 1. The molecule has 0 N–H and O–H groups in total. The van der Waals surface area contributed by atoms with Crippen LogP contribution in [0.3, 0.4) is 0 Å².